The maximum absolute atomic E-state index is 5.81. The molecule has 2 N–H and O–H groups in total. The molecule has 0 radical (unpaired) electrons. The van der Waals surface area contributed by atoms with Crippen LogP contribution in [0.1, 0.15) is 38.2 Å². The average molecular weight is 233 g/mol. The predicted octanol–water partition coefficient (Wildman–Crippen LogP) is 3.61. The van der Waals surface area contributed by atoms with Crippen molar-refractivity contribution in [3.05, 3.63) is 29.8 Å². The molecule has 0 spiro atoms. The molecule has 0 bridgehead atoms. The molecule has 17 heavy (non-hydrogen) atoms. The summed E-state index contributed by atoms with van der Waals surface area (Å²) in [7, 11) is 0. The van der Waals surface area contributed by atoms with E-state index in [4.69, 9.17) is 10.5 Å². The van der Waals surface area contributed by atoms with Crippen molar-refractivity contribution in [2.24, 2.45) is 11.8 Å². The Morgan fingerprint density at radius 1 is 1.24 bits per heavy atom. The summed E-state index contributed by atoms with van der Waals surface area (Å²) < 4.78 is 5.81. The predicted molar refractivity (Wildman–Crippen MR) is 71.6 cm³/mol. The van der Waals surface area contributed by atoms with Crippen molar-refractivity contribution in [2.45, 2.75) is 39.2 Å². The van der Waals surface area contributed by atoms with E-state index < -0.39 is 0 Å². The van der Waals surface area contributed by atoms with E-state index in [2.05, 4.69) is 6.92 Å². The second-order valence-electron chi connectivity index (χ2n) is 5.39. The van der Waals surface area contributed by atoms with Gasteiger partial charge in [-0.1, -0.05) is 31.9 Å². The molecule has 0 aliphatic heterocycles. The molecule has 0 amide bonds. The molecule has 0 aromatic heterocycles. The molecule has 0 saturated heterocycles. The van der Waals surface area contributed by atoms with Crippen LogP contribution in [0, 0.1) is 11.8 Å². The Bertz CT molecular complexity index is 333. The Labute approximate surface area is 104 Å². The van der Waals surface area contributed by atoms with Gasteiger partial charge in [0.2, 0.25) is 0 Å². The van der Waals surface area contributed by atoms with Gasteiger partial charge in [0.15, 0.2) is 0 Å². The summed E-state index contributed by atoms with van der Waals surface area (Å²) in [5.41, 5.74) is 7.67. The van der Waals surface area contributed by atoms with Crippen molar-refractivity contribution in [2.75, 3.05) is 12.3 Å². The van der Waals surface area contributed by atoms with Gasteiger partial charge in [-0.2, -0.15) is 0 Å². The molecule has 2 unspecified atom stereocenters. The van der Waals surface area contributed by atoms with Crippen molar-refractivity contribution < 1.29 is 4.74 Å². The van der Waals surface area contributed by atoms with E-state index in [0.717, 1.165) is 24.1 Å². The Morgan fingerprint density at radius 2 is 2.00 bits per heavy atom. The molecule has 2 nitrogen and oxygen atoms in total. The van der Waals surface area contributed by atoms with Gasteiger partial charge in [-0.15, -0.1) is 0 Å². The highest BCUT2D eigenvalue weighted by Crippen LogP contribution is 2.28. The lowest BCUT2D eigenvalue weighted by atomic mass is 9.83. The minimum Gasteiger partial charge on any atom is -0.399 e. The zero-order valence-electron chi connectivity index (χ0n) is 10.7. The Morgan fingerprint density at radius 3 is 2.71 bits per heavy atom. The number of anilines is 1. The van der Waals surface area contributed by atoms with Gasteiger partial charge in [-0.05, 0) is 42.4 Å². The largest absolute Gasteiger partial charge is 0.399 e. The first kappa shape index (κ1) is 12.4. The van der Waals surface area contributed by atoms with Crippen LogP contribution in [0.5, 0.6) is 0 Å². The molecular formula is C15H23NO. The summed E-state index contributed by atoms with van der Waals surface area (Å²) in [5, 5.41) is 0. The maximum Gasteiger partial charge on any atom is 0.0717 e. The Balaban J connectivity index is 1.70. The number of nitrogens with two attached hydrogens (primary N) is 1. The minimum atomic E-state index is 0.713. The molecule has 1 aliphatic carbocycles. The molecular weight excluding hydrogens is 210 g/mol. The van der Waals surface area contributed by atoms with Crippen molar-refractivity contribution in [3.63, 3.8) is 0 Å². The number of hydrogen-bond donors (Lipinski definition) is 1. The summed E-state index contributed by atoms with van der Waals surface area (Å²) in [6.07, 6.45) is 5.44. The van der Waals surface area contributed by atoms with Crippen LogP contribution >= 0.6 is 0 Å². The monoisotopic (exact) mass is 233 g/mol. The van der Waals surface area contributed by atoms with Crippen LogP contribution in [-0.4, -0.2) is 6.61 Å². The first-order valence-corrected chi connectivity index (χ1v) is 6.66. The Kier molecular flexibility index (Phi) is 4.43. The Hall–Kier alpha value is -1.02. The lowest BCUT2D eigenvalue weighted by molar-refractivity contribution is 0.0658. The molecule has 1 fully saturated rings. The van der Waals surface area contributed by atoms with Gasteiger partial charge < -0.3 is 10.5 Å². The fourth-order valence-electron chi connectivity index (χ4n) is 2.67. The van der Waals surface area contributed by atoms with Crippen LogP contribution in [0.3, 0.4) is 0 Å². The van der Waals surface area contributed by atoms with Gasteiger partial charge in [-0.3, -0.25) is 0 Å². The summed E-state index contributed by atoms with van der Waals surface area (Å²) in [5.74, 6) is 1.65. The lowest BCUT2D eigenvalue weighted by Gasteiger charge is -2.26. The molecule has 2 rings (SSSR count). The van der Waals surface area contributed by atoms with Gasteiger partial charge in [0, 0.05) is 12.3 Å². The van der Waals surface area contributed by atoms with Crippen LogP contribution < -0.4 is 5.73 Å². The quantitative estimate of drug-likeness (QED) is 0.806. The number of nitrogen functional groups attached to an aromatic ring is 1. The van der Waals surface area contributed by atoms with Crippen molar-refractivity contribution in [1.29, 1.82) is 0 Å². The van der Waals surface area contributed by atoms with E-state index >= 15 is 0 Å². The lowest BCUT2D eigenvalue weighted by Crippen LogP contribution is -2.18. The zero-order chi connectivity index (χ0) is 12.1. The number of rotatable bonds is 4. The molecule has 94 valence electrons. The minimum absolute atomic E-state index is 0.713. The van der Waals surface area contributed by atoms with E-state index in [1.807, 2.05) is 24.3 Å². The van der Waals surface area contributed by atoms with Gasteiger partial charge >= 0.3 is 0 Å². The van der Waals surface area contributed by atoms with Crippen LogP contribution in [-0.2, 0) is 11.3 Å². The van der Waals surface area contributed by atoms with Gasteiger partial charge in [0.1, 0.15) is 0 Å². The van der Waals surface area contributed by atoms with Crippen LogP contribution in [0.2, 0.25) is 0 Å². The first-order chi connectivity index (χ1) is 8.24. The zero-order valence-corrected chi connectivity index (χ0v) is 10.7. The van der Waals surface area contributed by atoms with E-state index in [-0.39, 0.29) is 0 Å². The number of hydrogen-bond acceptors (Lipinski definition) is 2. The average Bonchev–Trinajstić information content (AvgIpc) is 2.32. The second kappa shape index (κ2) is 6.06. The first-order valence-electron chi connectivity index (χ1n) is 6.66. The summed E-state index contributed by atoms with van der Waals surface area (Å²) >= 11 is 0. The van der Waals surface area contributed by atoms with Crippen LogP contribution in [0.15, 0.2) is 24.3 Å². The van der Waals surface area contributed by atoms with E-state index in [0.29, 0.717) is 6.61 Å². The van der Waals surface area contributed by atoms with E-state index in [1.54, 1.807) is 0 Å². The third-order valence-electron chi connectivity index (χ3n) is 3.65. The van der Waals surface area contributed by atoms with Crippen molar-refractivity contribution in [1.82, 2.24) is 0 Å². The van der Waals surface area contributed by atoms with Crippen molar-refractivity contribution in [3.8, 4) is 0 Å². The number of ether oxygens (including phenoxy) is 1. The highest BCUT2D eigenvalue weighted by molar-refractivity contribution is 5.39. The highest BCUT2D eigenvalue weighted by atomic mass is 16.5. The normalized spacial score (nSPS) is 24.8. The smallest absolute Gasteiger partial charge is 0.0717 e. The molecule has 1 aromatic rings. The fourth-order valence-corrected chi connectivity index (χ4v) is 2.67. The molecule has 1 saturated carbocycles. The van der Waals surface area contributed by atoms with Gasteiger partial charge in [0.05, 0.1) is 6.61 Å². The summed E-state index contributed by atoms with van der Waals surface area (Å²) in [6.45, 7) is 3.98. The van der Waals surface area contributed by atoms with Gasteiger partial charge in [-0.25, -0.2) is 0 Å². The summed E-state index contributed by atoms with van der Waals surface area (Å²) in [6, 6.07) is 7.94. The molecule has 2 heteroatoms. The van der Waals surface area contributed by atoms with Crippen LogP contribution in [0.4, 0.5) is 5.69 Å². The maximum atomic E-state index is 5.81. The SMILES string of the molecule is CC1CCCC(COCc2ccc(N)cc2)C1. The highest BCUT2D eigenvalue weighted by Gasteiger charge is 2.18. The fraction of sp³-hybridized carbons (Fsp3) is 0.600. The molecule has 0 heterocycles. The third kappa shape index (κ3) is 4.04. The van der Waals surface area contributed by atoms with E-state index in [9.17, 15) is 0 Å². The third-order valence-corrected chi connectivity index (χ3v) is 3.65. The summed E-state index contributed by atoms with van der Waals surface area (Å²) in [4.78, 5) is 0. The standard InChI is InChI=1S/C15H23NO/c1-12-3-2-4-14(9-12)11-17-10-13-5-7-15(16)8-6-13/h5-8,12,14H,2-4,9-11,16H2,1H3. The van der Waals surface area contributed by atoms with Gasteiger partial charge in [0.25, 0.3) is 0 Å². The van der Waals surface area contributed by atoms with Crippen molar-refractivity contribution >= 4 is 5.69 Å². The second-order valence-corrected chi connectivity index (χ2v) is 5.39. The van der Waals surface area contributed by atoms with E-state index in [1.165, 1.54) is 31.2 Å². The molecule has 1 aromatic carbocycles. The number of benzene rings is 1. The topological polar surface area (TPSA) is 35.2 Å². The molecule has 2 atom stereocenters. The molecule has 1 aliphatic rings. The van der Waals surface area contributed by atoms with Crippen LogP contribution in [0.25, 0.3) is 0 Å².